The molecule has 0 atom stereocenters. The first-order valence-corrected chi connectivity index (χ1v) is 36.2. The second-order valence-electron chi connectivity index (χ2n) is 23.7. The molecular formula is C71H140N2O3Si. The van der Waals surface area contributed by atoms with E-state index in [1.54, 1.807) is 9.80 Å². The maximum absolute atomic E-state index is 12.2. The molecular weight excluding hydrogens is 957 g/mol. The number of carbonyl (C=O) groups is 3. The normalized spacial score (nSPS) is 11.6. The van der Waals surface area contributed by atoms with Crippen molar-refractivity contribution < 1.29 is 14.4 Å². The van der Waals surface area contributed by atoms with Crippen LogP contribution in [0.3, 0.4) is 0 Å². The fourth-order valence-corrected chi connectivity index (χ4v) is 10.1. The molecule has 0 aromatic carbocycles. The summed E-state index contributed by atoms with van der Waals surface area (Å²) in [4.78, 5) is 38.6. The molecule has 456 valence electrons. The van der Waals surface area contributed by atoms with Gasteiger partial charge in [-0.3, -0.25) is 14.4 Å². The number of hydrogen-bond donors (Lipinski definition) is 0. The van der Waals surface area contributed by atoms with Gasteiger partial charge in [-0.2, -0.15) is 0 Å². The number of nitrogens with zero attached hydrogens (tertiary/aromatic N) is 2. The average molecular weight is 1100 g/mol. The van der Waals surface area contributed by atoms with Gasteiger partial charge in [-0.1, -0.05) is 283 Å². The van der Waals surface area contributed by atoms with Gasteiger partial charge >= 0.3 is 0 Å². The molecule has 5 nitrogen and oxygen atoms in total. The number of hydrogen-bond acceptors (Lipinski definition) is 3. The molecule has 0 rings (SSSR count). The minimum Gasteiger partial charge on any atom is -0.349 e. The van der Waals surface area contributed by atoms with Gasteiger partial charge in [-0.15, -0.1) is 0 Å². The summed E-state index contributed by atoms with van der Waals surface area (Å²) in [5, 5.41) is 0. The molecule has 0 bridgehead atoms. The van der Waals surface area contributed by atoms with Gasteiger partial charge in [0.15, 0.2) is 0 Å². The third-order valence-electron chi connectivity index (χ3n) is 14.0. The van der Waals surface area contributed by atoms with Crippen LogP contribution in [-0.2, 0) is 14.4 Å². The first kappa shape index (κ1) is 83.3. The van der Waals surface area contributed by atoms with Crippen molar-refractivity contribution in [3.63, 3.8) is 0 Å². The Morgan fingerprint density at radius 2 is 0.597 bits per heavy atom. The number of carbonyl (C=O) groups excluding carboxylic acids is 3. The smallest absolute Gasteiger partial charge is 0.245 e. The zero-order chi connectivity index (χ0) is 56.1. The van der Waals surface area contributed by atoms with Crippen LogP contribution in [0, 0.1) is 0 Å². The summed E-state index contributed by atoms with van der Waals surface area (Å²) in [7, 11) is 6.15. The lowest BCUT2D eigenvalue weighted by molar-refractivity contribution is -0.126. The molecule has 0 saturated heterocycles. The molecule has 0 N–H and O–H groups in total. The number of rotatable bonds is 51. The van der Waals surface area contributed by atoms with E-state index in [0.717, 1.165) is 57.4 Å². The van der Waals surface area contributed by atoms with E-state index in [4.69, 9.17) is 0 Å². The van der Waals surface area contributed by atoms with Crippen molar-refractivity contribution in [3.8, 4) is 0 Å². The Kier molecular flexibility index (Phi) is 73.4. The Morgan fingerprint density at radius 3 is 0.870 bits per heavy atom. The predicted molar refractivity (Wildman–Crippen MR) is 354 cm³/mol. The van der Waals surface area contributed by atoms with E-state index >= 15 is 0 Å². The summed E-state index contributed by atoms with van der Waals surface area (Å²) in [6.07, 6.45) is 76.4. The molecule has 0 heterocycles. The van der Waals surface area contributed by atoms with Crippen molar-refractivity contribution in [3.05, 3.63) is 60.3 Å². The summed E-state index contributed by atoms with van der Waals surface area (Å²) < 4.78 is 0. The molecule has 0 saturated carbocycles. The van der Waals surface area contributed by atoms with Crippen molar-refractivity contribution in [1.29, 1.82) is 0 Å². The van der Waals surface area contributed by atoms with Gasteiger partial charge in [0.2, 0.25) is 11.8 Å². The van der Waals surface area contributed by atoms with Crippen molar-refractivity contribution in [2.75, 3.05) is 28.2 Å². The molecule has 0 radical (unpaired) electrons. The highest BCUT2D eigenvalue weighted by molar-refractivity contribution is 6.78. The predicted octanol–water partition coefficient (Wildman–Crippen LogP) is 23.7. The van der Waals surface area contributed by atoms with Crippen LogP contribution < -0.4 is 0 Å². The van der Waals surface area contributed by atoms with Crippen LogP contribution >= 0.6 is 0 Å². The van der Waals surface area contributed by atoms with E-state index in [-0.39, 0.29) is 26.7 Å². The quantitative estimate of drug-likeness (QED) is 0.0264. The van der Waals surface area contributed by atoms with Crippen LogP contribution in [0.15, 0.2) is 60.3 Å². The lowest BCUT2D eigenvalue weighted by Crippen LogP contribution is -2.31. The molecule has 0 unspecified atom stereocenters. The van der Waals surface area contributed by atoms with E-state index in [9.17, 15) is 14.4 Å². The van der Waals surface area contributed by atoms with Crippen LogP contribution in [0.25, 0.3) is 0 Å². The van der Waals surface area contributed by atoms with Gasteiger partial charge in [0.25, 0.3) is 0 Å². The first-order chi connectivity index (χ1) is 36.2. The zero-order valence-electron chi connectivity index (χ0n) is 52.6. The van der Waals surface area contributed by atoms with Gasteiger partial charge < -0.3 is 9.80 Å². The van der Waals surface area contributed by atoms with Gasteiger partial charge in [0.05, 0.1) is 8.07 Å². The molecule has 0 aromatic rings. The highest BCUT2D eigenvalue weighted by atomic mass is 28.3. The van der Waals surface area contributed by atoms with Gasteiger partial charge in [0.1, 0.15) is 5.78 Å². The monoisotopic (exact) mass is 1100 g/mol. The Bertz CT molecular complexity index is 1370. The lowest BCUT2D eigenvalue weighted by Gasteiger charge is -2.18. The second-order valence-corrected chi connectivity index (χ2v) is 29.2. The van der Waals surface area contributed by atoms with Crippen LogP contribution in [0.2, 0.25) is 25.7 Å². The van der Waals surface area contributed by atoms with Gasteiger partial charge in [-0.05, 0) is 103 Å². The van der Waals surface area contributed by atoms with Crippen LogP contribution in [-0.4, -0.2) is 63.7 Å². The van der Waals surface area contributed by atoms with E-state index in [2.05, 4.69) is 95.9 Å². The van der Waals surface area contributed by atoms with Crippen molar-refractivity contribution in [2.45, 2.75) is 351 Å². The van der Waals surface area contributed by atoms with Crippen molar-refractivity contribution in [2.24, 2.45) is 0 Å². The SMILES string of the molecule is C.C.CCCCC/C=C\C/C=C\CCCCCCCCC/C(=C/C(=O)N(C)C)CCCCCCCCC.CCCCC/C=C\C/C=C\CCCCCCCCCC(=O)CCCCCCCCC.CN(C)C(=O)C[Si](C)(C)C. The summed E-state index contributed by atoms with van der Waals surface area (Å²) >= 11 is 0. The Hall–Kier alpha value is -2.47. The van der Waals surface area contributed by atoms with E-state index in [1.165, 1.54) is 237 Å². The number of Topliss-reactive ketones (excluding diaryl/α,β-unsaturated/α-hetero) is 1. The number of allylic oxidation sites excluding steroid dienone is 9. The minimum atomic E-state index is -1.17. The first-order valence-electron chi connectivity index (χ1n) is 32.5. The van der Waals surface area contributed by atoms with Crippen LogP contribution in [0.5, 0.6) is 0 Å². The Balaban J connectivity index is -0.000000375. The number of likely N-dealkylation sites (N-methyl/N-ethyl adjacent to an activating group) is 1. The number of ketones is 1. The zero-order valence-corrected chi connectivity index (χ0v) is 53.6. The minimum absolute atomic E-state index is 0. The van der Waals surface area contributed by atoms with Crippen LogP contribution in [0.4, 0.5) is 0 Å². The third-order valence-corrected chi connectivity index (χ3v) is 15.3. The van der Waals surface area contributed by atoms with E-state index < -0.39 is 8.07 Å². The third kappa shape index (κ3) is 75.6. The second kappa shape index (κ2) is 67.8. The number of unbranched alkanes of at least 4 members (excludes halogenated alkanes) is 32. The summed E-state index contributed by atoms with van der Waals surface area (Å²) in [5.41, 5.74) is 1.37. The largest absolute Gasteiger partial charge is 0.349 e. The molecule has 0 aliphatic carbocycles. The highest BCUT2D eigenvalue weighted by Gasteiger charge is 2.18. The standard InChI is InChI=1S/C33H61NO.C29H54O.C7H17NOSi.2CH4/c1-5-7-9-11-13-14-15-16-17-18-19-20-21-22-24-26-28-30-32(31-33(35)34(3)4)29-27-25-23-12-10-8-6-2;1-3-5-7-9-11-12-13-14-15-16-17-18-19-20-22-24-26-28-29(30)27-25-23-21-10-8-6-4-2;1-8(2)7(9)6-10(3,4)5;;/h13-14,16-17,31H,5-12,15,18-30H2,1-4H3;11-12,14-15H,3-10,13,16-28H2,1-2H3;6H2,1-5H3;2*1H4/b14-13-,17-16-,32-31+;12-11-,15-14-;;;. The Labute approximate surface area is 486 Å². The van der Waals surface area contributed by atoms with E-state index in [0.29, 0.717) is 5.78 Å². The van der Waals surface area contributed by atoms with Gasteiger partial charge in [0, 0.05) is 53.2 Å². The fraction of sp³-hybridized carbons (Fsp3) is 0.817. The highest BCUT2D eigenvalue weighted by Crippen LogP contribution is 2.20. The molecule has 0 fully saturated rings. The van der Waals surface area contributed by atoms with E-state index in [1.807, 2.05) is 34.3 Å². The van der Waals surface area contributed by atoms with Gasteiger partial charge in [-0.25, -0.2) is 0 Å². The summed E-state index contributed by atoms with van der Waals surface area (Å²) in [6.45, 7) is 15.7. The maximum Gasteiger partial charge on any atom is 0.245 e. The van der Waals surface area contributed by atoms with Crippen LogP contribution in [0.1, 0.15) is 325 Å². The molecule has 77 heavy (non-hydrogen) atoms. The number of amides is 2. The summed E-state index contributed by atoms with van der Waals surface area (Å²) in [5.74, 6) is 0.922. The van der Waals surface area contributed by atoms with Crippen molar-refractivity contribution >= 4 is 25.7 Å². The molecule has 0 spiro atoms. The Morgan fingerprint density at radius 1 is 0.338 bits per heavy atom. The molecule has 0 aliphatic heterocycles. The summed E-state index contributed by atoms with van der Waals surface area (Å²) in [6, 6.07) is 0.764. The van der Waals surface area contributed by atoms with Crippen molar-refractivity contribution in [1.82, 2.24) is 9.80 Å². The molecule has 6 heteroatoms. The molecule has 0 aliphatic rings. The molecule has 0 aromatic heterocycles. The molecule has 2 amide bonds. The topological polar surface area (TPSA) is 57.7 Å². The maximum atomic E-state index is 12.2. The fourth-order valence-electron chi connectivity index (χ4n) is 8.90. The average Bonchev–Trinajstić information content (AvgIpc) is 3.37. The lowest BCUT2D eigenvalue weighted by atomic mass is 9.98.